The minimum Gasteiger partial charge on any atom is -0.486 e. The lowest BCUT2D eigenvalue weighted by Gasteiger charge is -2.09. The molecule has 0 unspecified atom stereocenters. The van der Waals surface area contributed by atoms with E-state index in [4.69, 9.17) is 27.9 Å². The summed E-state index contributed by atoms with van der Waals surface area (Å²) >= 11 is 15.4. The molecule has 0 aliphatic heterocycles. The van der Waals surface area contributed by atoms with Crippen LogP contribution in [0.15, 0.2) is 34.8 Å². The third-order valence-electron chi connectivity index (χ3n) is 2.41. The molecule has 1 heterocycles. The molecule has 1 aromatic heterocycles. The van der Waals surface area contributed by atoms with Gasteiger partial charge in [0.25, 0.3) is 0 Å². The molecule has 19 heavy (non-hydrogen) atoms. The molecule has 3 nitrogen and oxygen atoms in total. The maximum Gasteiger partial charge on any atom is 0.140 e. The number of halogens is 3. The van der Waals surface area contributed by atoms with Crippen LogP contribution in [0.2, 0.25) is 10.0 Å². The molecule has 100 valence electrons. The summed E-state index contributed by atoms with van der Waals surface area (Å²) in [7, 11) is 1.82. The topological polar surface area (TPSA) is 34.1 Å². The van der Waals surface area contributed by atoms with Crippen LogP contribution in [0.5, 0.6) is 5.75 Å². The van der Waals surface area contributed by atoms with E-state index in [0.717, 1.165) is 16.0 Å². The Bertz CT molecular complexity index is 593. The molecule has 1 aromatic carbocycles. The van der Waals surface area contributed by atoms with Crippen LogP contribution in [0.1, 0.15) is 5.69 Å². The Morgan fingerprint density at radius 1 is 1.26 bits per heavy atom. The average molecular weight is 362 g/mol. The van der Waals surface area contributed by atoms with E-state index in [2.05, 4.69) is 26.2 Å². The van der Waals surface area contributed by atoms with Gasteiger partial charge in [0.05, 0.1) is 15.7 Å². The standard InChI is InChI=1S/C13H11BrCl2N2O/c1-17-13-4-2-3-8(18-13)7-19-12-6-10(15)9(14)5-11(12)16/h2-6H,7H2,1H3,(H,17,18). The lowest BCUT2D eigenvalue weighted by Crippen LogP contribution is -2.01. The van der Waals surface area contributed by atoms with Crippen molar-refractivity contribution in [3.8, 4) is 5.75 Å². The second-order valence-corrected chi connectivity index (χ2v) is 5.42. The number of hydrogen-bond acceptors (Lipinski definition) is 3. The number of aromatic nitrogens is 1. The summed E-state index contributed by atoms with van der Waals surface area (Å²) in [5.74, 6) is 1.33. The zero-order valence-electron chi connectivity index (χ0n) is 10.1. The zero-order chi connectivity index (χ0) is 13.8. The highest BCUT2D eigenvalue weighted by molar-refractivity contribution is 9.10. The van der Waals surface area contributed by atoms with Gasteiger partial charge in [-0.05, 0) is 34.1 Å². The lowest BCUT2D eigenvalue weighted by molar-refractivity contribution is 0.301. The largest absolute Gasteiger partial charge is 0.486 e. The first kappa shape index (κ1) is 14.4. The summed E-state index contributed by atoms with van der Waals surface area (Å²) in [5.41, 5.74) is 0.807. The van der Waals surface area contributed by atoms with Gasteiger partial charge < -0.3 is 10.1 Å². The predicted molar refractivity (Wildman–Crippen MR) is 82.3 cm³/mol. The minimum absolute atomic E-state index is 0.327. The molecule has 0 saturated heterocycles. The van der Waals surface area contributed by atoms with Crippen molar-refractivity contribution in [2.75, 3.05) is 12.4 Å². The molecule has 0 atom stereocenters. The van der Waals surface area contributed by atoms with E-state index in [-0.39, 0.29) is 0 Å². The lowest BCUT2D eigenvalue weighted by atomic mass is 10.3. The first-order chi connectivity index (χ1) is 9.10. The number of nitrogens with one attached hydrogen (secondary N) is 1. The Morgan fingerprint density at radius 2 is 2.05 bits per heavy atom. The van der Waals surface area contributed by atoms with Crippen LogP contribution >= 0.6 is 39.1 Å². The van der Waals surface area contributed by atoms with Gasteiger partial charge >= 0.3 is 0 Å². The molecule has 0 aliphatic rings. The Morgan fingerprint density at radius 3 is 2.79 bits per heavy atom. The Kier molecular flexibility index (Phi) is 4.91. The second kappa shape index (κ2) is 6.46. The first-order valence-corrected chi connectivity index (χ1v) is 7.06. The predicted octanol–water partition coefficient (Wildman–Crippen LogP) is 4.77. The zero-order valence-corrected chi connectivity index (χ0v) is 13.2. The summed E-state index contributed by atoms with van der Waals surface area (Å²) in [5, 5.41) is 4.03. The van der Waals surface area contributed by atoms with Crippen molar-refractivity contribution in [2.45, 2.75) is 6.61 Å². The second-order valence-electron chi connectivity index (χ2n) is 3.75. The van der Waals surface area contributed by atoms with Gasteiger partial charge in [-0.1, -0.05) is 29.3 Å². The van der Waals surface area contributed by atoms with E-state index in [1.165, 1.54) is 0 Å². The van der Waals surface area contributed by atoms with Crippen molar-refractivity contribution in [1.82, 2.24) is 4.98 Å². The molecule has 2 rings (SSSR count). The van der Waals surface area contributed by atoms with Crippen LogP contribution < -0.4 is 10.1 Å². The Labute approximate surface area is 130 Å². The van der Waals surface area contributed by atoms with E-state index in [1.54, 1.807) is 12.1 Å². The number of rotatable bonds is 4. The molecule has 0 bridgehead atoms. The van der Waals surface area contributed by atoms with E-state index < -0.39 is 0 Å². The van der Waals surface area contributed by atoms with Crippen LogP contribution in [-0.2, 0) is 6.61 Å². The molecule has 0 amide bonds. The molecular weight excluding hydrogens is 351 g/mol. The van der Waals surface area contributed by atoms with Crippen molar-refractivity contribution >= 4 is 44.9 Å². The van der Waals surface area contributed by atoms with E-state index in [1.807, 2.05) is 25.2 Å². The number of nitrogens with zero attached hydrogens (tertiary/aromatic N) is 1. The van der Waals surface area contributed by atoms with Crippen molar-refractivity contribution in [2.24, 2.45) is 0 Å². The first-order valence-electron chi connectivity index (χ1n) is 5.51. The van der Waals surface area contributed by atoms with Gasteiger partial charge in [0.15, 0.2) is 0 Å². The molecule has 0 fully saturated rings. The molecular formula is C13H11BrCl2N2O. The number of ether oxygens (including phenoxy) is 1. The fourth-order valence-electron chi connectivity index (χ4n) is 1.47. The Hall–Kier alpha value is -0.970. The van der Waals surface area contributed by atoms with E-state index >= 15 is 0 Å². The van der Waals surface area contributed by atoms with Gasteiger partial charge in [-0.2, -0.15) is 0 Å². The highest BCUT2D eigenvalue weighted by Gasteiger charge is 2.07. The Balaban J connectivity index is 2.12. The third kappa shape index (κ3) is 3.75. The molecule has 0 aliphatic carbocycles. The van der Waals surface area contributed by atoms with Gasteiger partial charge in [0.2, 0.25) is 0 Å². The van der Waals surface area contributed by atoms with Gasteiger partial charge in [0, 0.05) is 17.6 Å². The van der Waals surface area contributed by atoms with Gasteiger partial charge in [-0.3, -0.25) is 0 Å². The van der Waals surface area contributed by atoms with Crippen LogP contribution in [0.3, 0.4) is 0 Å². The van der Waals surface area contributed by atoms with Crippen molar-refractivity contribution < 1.29 is 4.74 Å². The molecule has 2 aromatic rings. The summed E-state index contributed by atoms with van der Waals surface area (Å²) in [6, 6.07) is 9.06. The SMILES string of the molecule is CNc1cccc(COc2cc(Cl)c(Br)cc2Cl)n1. The van der Waals surface area contributed by atoms with Crippen molar-refractivity contribution in [1.29, 1.82) is 0 Å². The van der Waals surface area contributed by atoms with E-state index in [0.29, 0.717) is 22.4 Å². The summed E-state index contributed by atoms with van der Waals surface area (Å²) < 4.78 is 6.37. The van der Waals surface area contributed by atoms with Crippen molar-refractivity contribution in [3.05, 3.63) is 50.5 Å². The molecule has 6 heteroatoms. The minimum atomic E-state index is 0.327. The van der Waals surface area contributed by atoms with E-state index in [9.17, 15) is 0 Å². The number of anilines is 1. The number of hydrogen-bond donors (Lipinski definition) is 1. The van der Waals surface area contributed by atoms with Crippen LogP contribution in [0.25, 0.3) is 0 Å². The smallest absolute Gasteiger partial charge is 0.140 e. The van der Waals surface area contributed by atoms with Gasteiger partial charge in [-0.15, -0.1) is 0 Å². The highest BCUT2D eigenvalue weighted by Crippen LogP contribution is 2.34. The maximum absolute atomic E-state index is 6.08. The molecule has 0 saturated carbocycles. The molecule has 0 radical (unpaired) electrons. The monoisotopic (exact) mass is 360 g/mol. The normalized spacial score (nSPS) is 10.3. The van der Waals surface area contributed by atoms with Gasteiger partial charge in [-0.25, -0.2) is 4.98 Å². The molecule has 1 N–H and O–H groups in total. The summed E-state index contributed by atoms with van der Waals surface area (Å²) in [4.78, 5) is 4.35. The number of pyridine rings is 1. The highest BCUT2D eigenvalue weighted by atomic mass is 79.9. The van der Waals surface area contributed by atoms with Crippen LogP contribution in [0.4, 0.5) is 5.82 Å². The summed E-state index contributed by atoms with van der Waals surface area (Å²) in [6.45, 7) is 0.327. The maximum atomic E-state index is 6.08. The molecule has 0 spiro atoms. The summed E-state index contributed by atoms with van der Waals surface area (Å²) in [6.07, 6.45) is 0. The average Bonchev–Trinajstić information content (AvgIpc) is 2.41. The fraction of sp³-hybridized carbons (Fsp3) is 0.154. The quantitative estimate of drug-likeness (QED) is 0.796. The third-order valence-corrected chi connectivity index (χ3v) is 3.91. The van der Waals surface area contributed by atoms with Gasteiger partial charge in [0.1, 0.15) is 18.2 Å². The van der Waals surface area contributed by atoms with Crippen LogP contribution in [-0.4, -0.2) is 12.0 Å². The van der Waals surface area contributed by atoms with Crippen LogP contribution in [0, 0.1) is 0 Å². The van der Waals surface area contributed by atoms with Crippen molar-refractivity contribution in [3.63, 3.8) is 0 Å². The fourth-order valence-corrected chi connectivity index (χ4v) is 2.31. The number of benzene rings is 1.